The highest BCUT2D eigenvalue weighted by atomic mass is 35.5. The minimum absolute atomic E-state index is 0. The van der Waals surface area contributed by atoms with Crippen LogP contribution in [0.25, 0.3) is 0 Å². The number of benzene rings is 1. The van der Waals surface area contributed by atoms with Gasteiger partial charge in [-0.15, -0.1) is 12.4 Å². The maximum atomic E-state index is 11.4. The van der Waals surface area contributed by atoms with Crippen molar-refractivity contribution in [1.29, 1.82) is 0 Å². The van der Waals surface area contributed by atoms with Crippen LogP contribution in [0.15, 0.2) is 24.3 Å². The van der Waals surface area contributed by atoms with E-state index in [1.54, 1.807) is 12.1 Å². The normalized spacial score (nSPS) is 9.22. The Morgan fingerprint density at radius 2 is 1.83 bits per heavy atom. The van der Waals surface area contributed by atoms with Crippen molar-refractivity contribution >= 4 is 30.0 Å². The molecule has 100 valence electrons. The van der Waals surface area contributed by atoms with Gasteiger partial charge in [-0.2, -0.15) is 0 Å². The largest absolute Gasteiger partial charge is 0.469 e. The van der Waals surface area contributed by atoms with Crippen LogP contribution in [0.4, 0.5) is 5.69 Å². The first-order chi connectivity index (χ1) is 8.15. The van der Waals surface area contributed by atoms with Gasteiger partial charge in [-0.1, -0.05) is 12.1 Å². The maximum Gasteiger partial charge on any atom is 0.306 e. The van der Waals surface area contributed by atoms with Gasteiger partial charge in [-0.3, -0.25) is 9.59 Å². The van der Waals surface area contributed by atoms with Gasteiger partial charge >= 0.3 is 5.97 Å². The fraction of sp³-hybridized carbons (Fsp3) is 0.333. The van der Waals surface area contributed by atoms with Crippen LogP contribution >= 0.6 is 12.4 Å². The van der Waals surface area contributed by atoms with E-state index in [0.717, 1.165) is 5.56 Å². The van der Waals surface area contributed by atoms with Crippen LogP contribution in [0, 0.1) is 0 Å². The van der Waals surface area contributed by atoms with E-state index in [9.17, 15) is 9.59 Å². The van der Waals surface area contributed by atoms with Crippen molar-refractivity contribution in [2.45, 2.75) is 19.4 Å². The average molecular weight is 273 g/mol. The van der Waals surface area contributed by atoms with Gasteiger partial charge in [0.2, 0.25) is 5.91 Å². The van der Waals surface area contributed by atoms with Gasteiger partial charge in [0.15, 0.2) is 0 Å². The van der Waals surface area contributed by atoms with E-state index in [-0.39, 0.29) is 31.2 Å². The number of nitrogens with one attached hydrogen (secondary N) is 1. The molecule has 0 fully saturated rings. The molecule has 1 amide bonds. The van der Waals surface area contributed by atoms with Gasteiger partial charge in [0, 0.05) is 18.7 Å². The van der Waals surface area contributed by atoms with Crippen LogP contribution < -0.4 is 11.1 Å². The summed E-state index contributed by atoms with van der Waals surface area (Å²) in [6, 6.07) is 7.24. The van der Waals surface area contributed by atoms with Crippen molar-refractivity contribution in [2.24, 2.45) is 5.73 Å². The van der Waals surface area contributed by atoms with Crippen LogP contribution in [-0.2, 0) is 20.9 Å². The van der Waals surface area contributed by atoms with Crippen LogP contribution in [0.2, 0.25) is 0 Å². The minimum atomic E-state index is -0.390. The lowest BCUT2D eigenvalue weighted by Gasteiger charge is -2.05. The molecular formula is C12H17ClN2O3. The molecule has 0 aliphatic rings. The summed E-state index contributed by atoms with van der Waals surface area (Å²) in [5.74, 6) is -0.602. The minimum Gasteiger partial charge on any atom is -0.469 e. The van der Waals surface area contributed by atoms with Gasteiger partial charge in [0.05, 0.1) is 13.5 Å². The topological polar surface area (TPSA) is 81.4 Å². The molecule has 0 radical (unpaired) electrons. The summed E-state index contributed by atoms with van der Waals surface area (Å²) in [5, 5.41) is 2.69. The number of ether oxygens (including phenoxy) is 1. The Morgan fingerprint density at radius 3 is 2.33 bits per heavy atom. The van der Waals surface area contributed by atoms with Gasteiger partial charge in [0.25, 0.3) is 0 Å². The van der Waals surface area contributed by atoms with Gasteiger partial charge in [-0.05, 0) is 17.7 Å². The van der Waals surface area contributed by atoms with E-state index in [0.29, 0.717) is 12.2 Å². The number of nitrogens with two attached hydrogens (primary N) is 1. The lowest BCUT2D eigenvalue weighted by atomic mass is 10.2. The molecule has 0 aliphatic carbocycles. The van der Waals surface area contributed by atoms with E-state index in [4.69, 9.17) is 5.73 Å². The Hall–Kier alpha value is -1.59. The number of hydrogen-bond acceptors (Lipinski definition) is 4. The fourth-order valence-corrected chi connectivity index (χ4v) is 1.27. The predicted octanol–water partition coefficient (Wildman–Crippen LogP) is 1.46. The molecule has 0 spiro atoms. The Balaban J connectivity index is 0.00000289. The number of amides is 1. The third-order valence-electron chi connectivity index (χ3n) is 2.26. The monoisotopic (exact) mass is 272 g/mol. The average Bonchev–Trinajstić information content (AvgIpc) is 2.36. The van der Waals surface area contributed by atoms with Crippen LogP contribution in [-0.4, -0.2) is 19.0 Å². The smallest absolute Gasteiger partial charge is 0.306 e. The molecule has 18 heavy (non-hydrogen) atoms. The predicted molar refractivity (Wildman–Crippen MR) is 71.5 cm³/mol. The molecule has 1 rings (SSSR count). The van der Waals surface area contributed by atoms with Crippen molar-refractivity contribution < 1.29 is 14.3 Å². The zero-order valence-electron chi connectivity index (χ0n) is 10.1. The number of methoxy groups -OCH3 is 1. The quantitative estimate of drug-likeness (QED) is 0.795. The first-order valence-electron chi connectivity index (χ1n) is 5.31. The summed E-state index contributed by atoms with van der Waals surface area (Å²) < 4.78 is 4.45. The van der Waals surface area contributed by atoms with Crippen LogP contribution in [0.1, 0.15) is 18.4 Å². The number of anilines is 1. The molecule has 0 atom stereocenters. The highest BCUT2D eigenvalue weighted by Gasteiger charge is 2.06. The number of halogens is 1. The van der Waals surface area contributed by atoms with Crippen LogP contribution in [0.5, 0.6) is 0 Å². The second kappa shape index (κ2) is 8.49. The Labute approximate surface area is 112 Å². The van der Waals surface area contributed by atoms with Crippen molar-refractivity contribution in [3.63, 3.8) is 0 Å². The lowest BCUT2D eigenvalue weighted by Crippen LogP contribution is -2.13. The van der Waals surface area contributed by atoms with Crippen molar-refractivity contribution in [3.05, 3.63) is 29.8 Å². The molecule has 0 heterocycles. The molecule has 0 aliphatic heterocycles. The number of rotatable bonds is 5. The van der Waals surface area contributed by atoms with E-state index in [2.05, 4.69) is 10.1 Å². The van der Waals surface area contributed by atoms with Gasteiger partial charge in [-0.25, -0.2) is 0 Å². The zero-order valence-corrected chi connectivity index (χ0v) is 11.0. The molecule has 6 heteroatoms. The first kappa shape index (κ1) is 16.4. The number of hydrogen-bond donors (Lipinski definition) is 2. The van der Waals surface area contributed by atoms with E-state index < -0.39 is 5.97 Å². The first-order valence-corrected chi connectivity index (χ1v) is 5.31. The van der Waals surface area contributed by atoms with Crippen molar-refractivity contribution in [1.82, 2.24) is 0 Å². The Morgan fingerprint density at radius 1 is 1.22 bits per heavy atom. The highest BCUT2D eigenvalue weighted by molar-refractivity contribution is 5.92. The second-order valence-corrected chi connectivity index (χ2v) is 3.53. The summed E-state index contributed by atoms with van der Waals surface area (Å²) in [4.78, 5) is 22.3. The fourth-order valence-electron chi connectivity index (χ4n) is 1.27. The van der Waals surface area contributed by atoms with Gasteiger partial charge in [0.1, 0.15) is 0 Å². The number of carbonyl (C=O) groups excluding carboxylic acids is 2. The zero-order chi connectivity index (χ0) is 12.7. The molecule has 3 N–H and O–H groups in total. The summed E-state index contributed by atoms with van der Waals surface area (Å²) in [6.07, 6.45) is 0.203. The molecular weight excluding hydrogens is 256 g/mol. The number of esters is 1. The Bertz CT molecular complexity index is 393. The molecule has 5 nitrogen and oxygen atoms in total. The maximum absolute atomic E-state index is 11.4. The summed E-state index contributed by atoms with van der Waals surface area (Å²) >= 11 is 0. The van der Waals surface area contributed by atoms with E-state index in [1.165, 1.54) is 7.11 Å². The third-order valence-corrected chi connectivity index (χ3v) is 2.26. The third kappa shape index (κ3) is 5.65. The Kier molecular flexibility index (Phi) is 7.74. The second-order valence-electron chi connectivity index (χ2n) is 3.53. The number of carbonyl (C=O) groups is 2. The van der Waals surface area contributed by atoms with Crippen molar-refractivity contribution in [2.75, 3.05) is 12.4 Å². The highest BCUT2D eigenvalue weighted by Crippen LogP contribution is 2.09. The molecule has 0 saturated carbocycles. The van der Waals surface area contributed by atoms with E-state index in [1.807, 2.05) is 12.1 Å². The SMILES string of the molecule is COC(=O)CCC(=O)Nc1ccc(CN)cc1.Cl. The lowest BCUT2D eigenvalue weighted by molar-refractivity contribution is -0.141. The van der Waals surface area contributed by atoms with Crippen LogP contribution in [0.3, 0.4) is 0 Å². The molecule has 1 aromatic carbocycles. The molecule has 1 aromatic rings. The van der Waals surface area contributed by atoms with Gasteiger partial charge < -0.3 is 15.8 Å². The molecule has 0 bridgehead atoms. The molecule has 0 aromatic heterocycles. The summed E-state index contributed by atoms with van der Waals surface area (Å²) in [5.41, 5.74) is 7.15. The summed E-state index contributed by atoms with van der Waals surface area (Å²) in [6.45, 7) is 0.469. The molecule has 0 unspecified atom stereocenters. The summed E-state index contributed by atoms with van der Waals surface area (Å²) in [7, 11) is 1.30. The standard InChI is InChI=1S/C12H16N2O3.ClH/c1-17-12(16)7-6-11(15)14-10-4-2-9(8-13)3-5-10;/h2-5H,6-8,13H2,1H3,(H,14,15);1H. The van der Waals surface area contributed by atoms with E-state index >= 15 is 0 Å². The molecule has 0 saturated heterocycles. The van der Waals surface area contributed by atoms with Crippen molar-refractivity contribution in [3.8, 4) is 0 Å².